The van der Waals surface area contributed by atoms with Crippen LogP contribution in [-0.2, 0) is 4.74 Å². The minimum Gasteiger partial charge on any atom is -0.385 e. The Morgan fingerprint density at radius 3 is 2.92 bits per heavy atom. The molecule has 0 spiro atoms. The van der Waals surface area contributed by atoms with Crippen molar-refractivity contribution in [3.8, 4) is 0 Å². The number of rotatable bonds is 8. The molecule has 0 saturated carbocycles. The quantitative estimate of drug-likeness (QED) is 0.714. The average molecular weight is 337 g/mol. The lowest BCUT2D eigenvalue weighted by Crippen LogP contribution is -2.45. The second kappa shape index (κ2) is 9.61. The normalized spacial score (nSPS) is 18.2. The van der Waals surface area contributed by atoms with Crippen molar-refractivity contribution in [2.24, 2.45) is 0 Å². The molecule has 0 radical (unpaired) electrons. The topological polar surface area (TPSA) is 83.1 Å². The van der Waals surface area contributed by atoms with E-state index in [9.17, 15) is 4.79 Å². The summed E-state index contributed by atoms with van der Waals surface area (Å²) in [4.78, 5) is 19.0. The molecule has 1 aliphatic heterocycles. The van der Waals surface area contributed by atoms with Crippen LogP contribution in [0, 0.1) is 0 Å². The van der Waals surface area contributed by atoms with E-state index in [4.69, 9.17) is 4.74 Å². The van der Waals surface area contributed by atoms with Crippen LogP contribution in [0.2, 0.25) is 0 Å². The highest BCUT2D eigenvalue weighted by Gasteiger charge is 2.30. The van der Waals surface area contributed by atoms with Crippen LogP contribution in [0.5, 0.6) is 0 Å². The molecule has 2 amide bonds. The van der Waals surface area contributed by atoms with Crippen LogP contribution < -0.4 is 5.32 Å². The van der Waals surface area contributed by atoms with E-state index in [0.29, 0.717) is 6.54 Å². The van der Waals surface area contributed by atoms with Gasteiger partial charge in [0.15, 0.2) is 5.82 Å². The number of aromatic amines is 1. The van der Waals surface area contributed by atoms with Crippen molar-refractivity contribution in [1.29, 1.82) is 0 Å². The Morgan fingerprint density at radius 2 is 2.21 bits per heavy atom. The number of hydrogen-bond acceptors (Lipinski definition) is 4. The molecule has 1 aromatic rings. The van der Waals surface area contributed by atoms with Gasteiger partial charge in [-0.1, -0.05) is 13.8 Å². The van der Waals surface area contributed by atoms with Crippen LogP contribution in [0.4, 0.5) is 4.79 Å². The number of H-pyrrole nitrogens is 1. The number of aromatic nitrogens is 3. The molecule has 1 aromatic heterocycles. The van der Waals surface area contributed by atoms with Crippen molar-refractivity contribution in [1.82, 2.24) is 25.4 Å². The van der Waals surface area contributed by atoms with Gasteiger partial charge in [0.2, 0.25) is 0 Å². The highest BCUT2D eigenvalue weighted by atomic mass is 16.5. The number of likely N-dealkylation sites (tertiary alicyclic amines) is 1. The molecule has 2 N–H and O–H groups in total. The number of nitrogens with zero attached hydrogens (tertiary/aromatic N) is 3. The van der Waals surface area contributed by atoms with Crippen molar-refractivity contribution in [3.05, 3.63) is 11.6 Å². The lowest BCUT2D eigenvalue weighted by Gasteiger charge is -2.34. The second-order valence-corrected chi connectivity index (χ2v) is 6.72. The summed E-state index contributed by atoms with van der Waals surface area (Å²) in [6.45, 7) is 6.41. The third-order valence-corrected chi connectivity index (χ3v) is 4.42. The summed E-state index contributed by atoms with van der Waals surface area (Å²) in [6, 6.07) is 0.0150. The van der Waals surface area contributed by atoms with Crippen LogP contribution >= 0.6 is 0 Å². The highest BCUT2D eigenvalue weighted by Crippen LogP contribution is 2.29. The van der Waals surface area contributed by atoms with Gasteiger partial charge in [-0.05, 0) is 38.5 Å². The van der Waals surface area contributed by atoms with Crippen molar-refractivity contribution >= 4 is 6.03 Å². The van der Waals surface area contributed by atoms with Gasteiger partial charge in [-0.25, -0.2) is 9.78 Å². The Balaban J connectivity index is 1.87. The van der Waals surface area contributed by atoms with Crippen molar-refractivity contribution in [2.45, 2.75) is 64.3 Å². The summed E-state index contributed by atoms with van der Waals surface area (Å²) >= 11 is 0. The Bertz CT molecular complexity index is 503. The molecule has 1 aliphatic rings. The Morgan fingerprint density at radius 1 is 1.38 bits per heavy atom. The third-order valence-electron chi connectivity index (χ3n) is 4.42. The number of methoxy groups -OCH3 is 1. The van der Waals surface area contributed by atoms with E-state index in [0.717, 1.165) is 63.3 Å². The summed E-state index contributed by atoms with van der Waals surface area (Å²) in [5.74, 6) is 1.91. The van der Waals surface area contributed by atoms with Gasteiger partial charge in [0.05, 0.1) is 6.04 Å². The van der Waals surface area contributed by atoms with Crippen molar-refractivity contribution in [3.63, 3.8) is 0 Å². The maximum Gasteiger partial charge on any atom is 0.318 e. The van der Waals surface area contributed by atoms with Crippen LogP contribution in [-0.4, -0.2) is 52.9 Å². The first-order valence-corrected chi connectivity index (χ1v) is 9.09. The van der Waals surface area contributed by atoms with Crippen molar-refractivity contribution < 1.29 is 9.53 Å². The number of nitrogens with one attached hydrogen (secondary N) is 2. The molecule has 2 heterocycles. The maximum absolute atomic E-state index is 12.5. The Labute approximate surface area is 144 Å². The summed E-state index contributed by atoms with van der Waals surface area (Å²) in [5, 5.41) is 10.4. The van der Waals surface area contributed by atoms with E-state index in [1.165, 1.54) is 0 Å². The van der Waals surface area contributed by atoms with E-state index < -0.39 is 0 Å². The maximum atomic E-state index is 12.5. The zero-order valence-corrected chi connectivity index (χ0v) is 15.2. The molecule has 2 rings (SSSR count). The van der Waals surface area contributed by atoms with E-state index in [2.05, 4.69) is 34.3 Å². The number of amides is 2. The Kier molecular flexibility index (Phi) is 7.49. The molecule has 0 aliphatic carbocycles. The summed E-state index contributed by atoms with van der Waals surface area (Å²) in [7, 11) is 1.71. The lowest BCUT2D eigenvalue weighted by molar-refractivity contribution is 0.147. The van der Waals surface area contributed by atoms with Gasteiger partial charge < -0.3 is 15.0 Å². The number of hydrogen-bond donors (Lipinski definition) is 2. The molecule has 0 bridgehead atoms. The van der Waals surface area contributed by atoms with Gasteiger partial charge in [-0.3, -0.25) is 5.10 Å². The van der Waals surface area contributed by atoms with Crippen LogP contribution in [0.3, 0.4) is 0 Å². The third kappa shape index (κ3) is 5.19. The van der Waals surface area contributed by atoms with Gasteiger partial charge in [-0.15, -0.1) is 0 Å². The summed E-state index contributed by atoms with van der Waals surface area (Å²) in [5.41, 5.74) is 0. The number of ether oxygens (including phenoxy) is 1. The smallest absolute Gasteiger partial charge is 0.318 e. The number of unbranched alkanes of at least 4 members (excludes halogenated alkanes) is 2. The first kappa shape index (κ1) is 18.7. The molecule has 136 valence electrons. The number of urea groups is 1. The molecule has 1 unspecified atom stereocenters. The van der Waals surface area contributed by atoms with Gasteiger partial charge in [-0.2, -0.15) is 5.10 Å². The molecule has 24 heavy (non-hydrogen) atoms. The van der Waals surface area contributed by atoms with Gasteiger partial charge >= 0.3 is 6.03 Å². The van der Waals surface area contributed by atoms with E-state index in [1.54, 1.807) is 7.11 Å². The fourth-order valence-electron chi connectivity index (χ4n) is 3.00. The number of carbonyl (C=O) groups excluding carboxylic acids is 1. The number of piperidine rings is 1. The summed E-state index contributed by atoms with van der Waals surface area (Å²) in [6.07, 6.45) is 6.18. The SMILES string of the molecule is COCCCCCNC(=O)N1CCCCC1c1nc(C(C)C)n[nH]1. The molecule has 7 heteroatoms. The monoisotopic (exact) mass is 337 g/mol. The zero-order chi connectivity index (χ0) is 17.4. The van der Waals surface area contributed by atoms with Crippen molar-refractivity contribution in [2.75, 3.05) is 26.8 Å². The molecule has 1 fully saturated rings. The minimum atomic E-state index is 0.00670. The first-order chi connectivity index (χ1) is 11.6. The van der Waals surface area contributed by atoms with E-state index >= 15 is 0 Å². The average Bonchev–Trinajstić information content (AvgIpc) is 3.08. The van der Waals surface area contributed by atoms with Crippen LogP contribution in [0.1, 0.15) is 76.0 Å². The predicted molar refractivity (Wildman–Crippen MR) is 92.9 cm³/mol. The summed E-state index contributed by atoms with van der Waals surface area (Å²) < 4.78 is 5.03. The number of carbonyl (C=O) groups is 1. The Hall–Kier alpha value is -1.63. The molecule has 0 aromatic carbocycles. The highest BCUT2D eigenvalue weighted by molar-refractivity contribution is 5.74. The van der Waals surface area contributed by atoms with E-state index in [1.807, 2.05) is 4.90 Å². The second-order valence-electron chi connectivity index (χ2n) is 6.72. The fourth-order valence-corrected chi connectivity index (χ4v) is 3.00. The minimum absolute atomic E-state index is 0.00670. The zero-order valence-electron chi connectivity index (χ0n) is 15.2. The van der Waals surface area contributed by atoms with Gasteiger partial charge in [0, 0.05) is 32.7 Å². The van der Waals surface area contributed by atoms with Gasteiger partial charge in [0.25, 0.3) is 0 Å². The van der Waals surface area contributed by atoms with Crippen LogP contribution in [0.15, 0.2) is 0 Å². The molecule has 7 nitrogen and oxygen atoms in total. The lowest BCUT2D eigenvalue weighted by atomic mass is 10.0. The molecule has 1 atom stereocenters. The standard InChI is InChI=1S/C17H31N5O2/c1-13(2)15-19-16(21-20-15)14-9-5-7-11-22(14)17(23)18-10-6-4-8-12-24-3/h13-14H,4-12H2,1-3H3,(H,18,23)(H,19,20,21). The van der Waals surface area contributed by atoms with Gasteiger partial charge in [0.1, 0.15) is 5.82 Å². The molecular formula is C17H31N5O2. The largest absolute Gasteiger partial charge is 0.385 e. The molecule has 1 saturated heterocycles. The first-order valence-electron chi connectivity index (χ1n) is 9.09. The predicted octanol–water partition coefficient (Wildman–Crippen LogP) is 2.98. The fraction of sp³-hybridized carbons (Fsp3) is 0.824. The van der Waals surface area contributed by atoms with E-state index in [-0.39, 0.29) is 18.0 Å². The van der Waals surface area contributed by atoms with Crippen LogP contribution in [0.25, 0.3) is 0 Å². The molecular weight excluding hydrogens is 306 g/mol.